The molecule has 0 radical (unpaired) electrons. The number of nitrogens with zero attached hydrogens (tertiary/aromatic N) is 3. The summed E-state index contributed by atoms with van der Waals surface area (Å²) in [5, 5.41) is 0. The molecule has 0 saturated heterocycles. The fourth-order valence-corrected chi connectivity index (χ4v) is 2.75. The molecule has 7 heteroatoms. The van der Waals surface area contributed by atoms with E-state index in [4.69, 9.17) is 11.6 Å². The standard InChI is InChI=1S/C9H8ClN3OS2/c1-13(5-6-2-3-8(10)15-6)9(14)7-4-11-16-12-7/h2-4H,5H2,1H3. The van der Waals surface area contributed by atoms with Gasteiger partial charge in [-0.1, -0.05) is 11.6 Å². The molecule has 0 atom stereocenters. The Kier molecular flexibility index (Phi) is 3.52. The van der Waals surface area contributed by atoms with Crippen molar-refractivity contribution in [1.82, 2.24) is 13.6 Å². The number of hydrogen-bond acceptors (Lipinski definition) is 5. The fraction of sp³-hybridized carbons (Fsp3) is 0.222. The molecule has 0 unspecified atom stereocenters. The molecule has 2 aromatic rings. The van der Waals surface area contributed by atoms with Crippen LogP contribution in [0.2, 0.25) is 4.34 Å². The second kappa shape index (κ2) is 4.90. The van der Waals surface area contributed by atoms with E-state index in [0.717, 1.165) is 20.9 Å². The topological polar surface area (TPSA) is 46.1 Å². The van der Waals surface area contributed by atoms with Crippen molar-refractivity contribution >= 4 is 40.6 Å². The van der Waals surface area contributed by atoms with E-state index in [2.05, 4.69) is 8.75 Å². The monoisotopic (exact) mass is 273 g/mol. The second-order valence-corrected chi connectivity index (χ2v) is 5.52. The Balaban J connectivity index is 2.03. The molecule has 0 bridgehead atoms. The molecule has 0 aromatic carbocycles. The molecule has 0 N–H and O–H groups in total. The quantitative estimate of drug-likeness (QED) is 0.863. The van der Waals surface area contributed by atoms with Crippen LogP contribution in [0.4, 0.5) is 0 Å². The third kappa shape index (κ3) is 2.58. The molecule has 2 heterocycles. The van der Waals surface area contributed by atoms with Gasteiger partial charge in [0.05, 0.1) is 28.8 Å². The zero-order valence-electron chi connectivity index (χ0n) is 8.38. The van der Waals surface area contributed by atoms with E-state index in [9.17, 15) is 4.79 Å². The van der Waals surface area contributed by atoms with Gasteiger partial charge in [-0.05, 0) is 12.1 Å². The van der Waals surface area contributed by atoms with Crippen molar-refractivity contribution in [3.8, 4) is 0 Å². The summed E-state index contributed by atoms with van der Waals surface area (Å²) in [7, 11) is 1.73. The average Bonchev–Trinajstić information content (AvgIpc) is 2.88. The third-order valence-electron chi connectivity index (χ3n) is 1.95. The number of hydrogen-bond donors (Lipinski definition) is 0. The van der Waals surface area contributed by atoms with Crippen LogP contribution in [0.5, 0.6) is 0 Å². The van der Waals surface area contributed by atoms with E-state index in [1.165, 1.54) is 17.5 Å². The highest BCUT2D eigenvalue weighted by Gasteiger charge is 2.15. The predicted molar refractivity (Wildman–Crippen MR) is 65.0 cm³/mol. The minimum Gasteiger partial charge on any atom is -0.335 e. The van der Waals surface area contributed by atoms with E-state index < -0.39 is 0 Å². The maximum absolute atomic E-state index is 11.8. The molecule has 16 heavy (non-hydrogen) atoms. The number of thiophene rings is 1. The van der Waals surface area contributed by atoms with Gasteiger partial charge in [0.15, 0.2) is 5.69 Å². The Morgan fingerprint density at radius 2 is 2.38 bits per heavy atom. The lowest BCUT2D eigenvalue weighted by Gasteiger charge is -2.13. The number of aromatic nitrogens is 2. The zero-order chi connectivity index (χ0) is 11.5. The first kappa shape index (κ1) is 11.5. The van der Waals surface area contributed by atoms with Crippen LogP contribution < -0.4 is 0 Å². The molecular weight excluding hydrogens is 266 g/mol. The molecule has 0 fully saturated rings. The van der Waals surface area contributed by atoms with E-state index in [0.29, 0.717) is 12.2 Å². The minimum absolute atomic E-state index is 0.127. The van der Waals surface area contributed by atoms with Gasteiger partial charge in [0.1, 0.15) is 0 Å². The molecule has 0 aliphatic rings. The van der Waals surface area contributed by atoms with Crippen molar-refractivity contribution in [3.63, 3.8) is 0 Å². The molecule has 2 rings (SSSR count). The molecule has 0 aliphatic heterocycles. The van der Waals surface area contributed by atoms with Crippen LogP contribution in [0.15, 0.2) is 18.3 Å². The van der Waals surface area contributed by atoms with Gasteiger partial charge < -0.3 is 4.90 Å². The highest BCUT2D eigenvalue weighted by atomic mass is 35.5. The maximum atomic E-state index is 11.8. The van der Waals surface area contributed by atoms with Gasteiger partial charge in [-0.25, -0.2) is 0 Å². The van der Waals surface area contributed by atoms with Crippen LogP contribution in [0, 0.1) is 0 Å². The van der Waals surface area contributed by atoms with Gasteiger partial charge in [-0.15, -0.1) is 11.3 Å². The molecule has 0 spiro atoms. The highest BCUT2D eigenvalue weighted by molar-refractivity contribution is 7.16. The summed E-state index contributed by atoms with van der Waals surface area (Å²) in [6.45, 7) is 0.535. The number of rotatable bonds is 3. The number of carbonyl (C=O) groups is 1. The maximum Gasteiger partial charge on any atom is 0.275 e. The Hall–Kier alpha value is -0.980. The summed E-state index contributed by atoms with van der Waals surface area (Å²) < 4.78 is 8.43. The van der Waals surface area contributed by atoms with Gasteiger partial charge in [0.2, 0.25) is 0 Å². The fourth-order valence-electron chi connectivity index (χ4n) is 1.20. The van der Waals surface area contributed by atoms with Crippen LogP contribution in [-0.2, 0) is 6.54 Å². The molecule has 1 amide bonds. The first-order valence-electron chi connectivity index (χ1n) is 4.44. The first-order valence-corrected chi connectivity index (χ1v) is 6.36. The van der Waals surface area contributed by atoms with Gasteiger partial charge >= 0.3 is 0 Å². The first-order chi connectivity index (χ1) is 7.66. The highest BCUT2D eigenvalue weighted by Crippen LogP contribution is 2.22. The van der Waals surface area contributed by atoms with Gasteiger partial charge in [-0.3, -0.25) is 4.79 Å². The van der Waals surface area contributed by atoms with Crippen LogP contribution >= 0.6 is 34.7 Å². The Morgan fingerprint density at radius 1 is 1.56 bits per heavy atom. The van der Waals surface area contributed by atoms with Crippen molar-refractivity contribution in [2.24, 2.45) is 0 Å². The lowest BCUT2D eigenvalue weighted by Crippen LogP contribution is -2.25. The summed E-state index contributed by atoms with van der Waals surface area (Å²) in [6, 6.07) is 3.74. The predicted octanol–water partition coefficient (Wildman–Crippen LogP) is 2.53. The van der Waals surface area contributed by atoms with E-state index in [-0.39, 0.29) is 5.91 Å². The molecule has 0 saturated carbocycles. The van der Waals surface area contributed by atoms with Crippen molar-refractivity contribution in [2.75, 3.05) is 7.05 Å². The van der Waals surface area contributed by atoms with Crippen LogP contribution in [-0.4, -0.2) is 26.6 Å². The molecule has 2 aromatic heterocycles. The van der Waals surface area contributed by atoms with Crippen LogP contribution in [0.25, 0.3) is 0 Å². The number of carbonyl (C=O) groups excluding carboxylic acids is 1. The summed E-state index contributed by atoms with van der Waals surface area (Å²) in [6.07, 6.45) is 1.48. The van der Waals surface area contributed by atoms with Gasteiger partial charge in [-0.2, -0.15) is 8.75 Å². The van der Waals surface area contributed by atoms with Crippen LogP contribution in [0.1, 0.15) is 15.4 Å². The van der Waals surface area contributed by atoms with E-state index >= 15 is 0 Å². The number of halogens is 1. The lowest BCUT2D eigenvalue weighted by molar-refractivity contribution is 0.0781. The van der Waals surface area contributed by atoms with Crippen LogP contribution in [0.3, 0.4) is 0 Å². The SMILES string of the molecule is CN(Cc1ccc(Cl)s1)C(=O)c1cnsn1. The molecule has 4 nitrogen and oxygen atoms in total. The Labute approximate surface area is 106 Å². The summed E-state index contributed by atoms with van der Waals surface area (Å²) in [5.41, 5.74) is 0.384. The van der Waals surface area contributed by atoms with E-state index in [1.807, 2.05) is 12.1 Å². The normalized spacial score (nSPS) is 10.4. The van der Waals surface area contributed by atoms with Crippen molar-refractivity contribution < 1.29 is 4.79 Å². The summed E-state index contributed by atoms with van der Waals surface area (Å²) >= 11 is 8.32. The van der Waals surface area contributed by atoms with Gasteiger partial charge in [0, 0.05) is 11.9 Å². The second-order valence-electron chi connectivity index (χ2n) is 3.16. The minimum atomic E-state index is -0.127. The number of amides is 1. The Morgan fingerprint density at radius 3 is 2.94 bits per heavy atom. The average molecular weight is 274 g/mol. The summed E-state index contributed by atoms with van der Waals surface area (Å²) in [4.78, 5) is 14.5. The Bertz CT molecular complexity index is 483. The largest absolute Gasteiger partial charge is 0.335 e. The van der Waals surface area contributed by atoms with Crippen molar-refractivity contribution in [2.45, 2.75) is 6.54 Å². The van der Waals surface area contributed by atoms with E-state index in [1.54, 1.807) is 11.9 Å². The summed E-state index contributed by atoms with van der Waals surface area (Å²) in [5.74, 6) is -0.127. The van der Waals surface area contributed by atoms with Crippen molar-refractivity contribution in [1.29, 1.82) is 0 Å². The molecule has 0 aliphatic carbocycles. The smallest absolute Gasteiger partial charge is 0.275 e. The molecule has 84 valence electrons. The van der Waals surface area contributed by atoms with Gasteiger partial charge in [0.25, 0.3) is 5.91 Å². The zero-order valence-corrected chi connectivity index (χ0v) is 10.8. The third-order valence-corrected chi connectivity index (χ3v) is 3.64. The molecular formula is C9H8ClN3OS2. The lowest BCUT2D eigenvalue weighted by atomic mass is 10.3. The van der Waals surface area contributed by atoms with Crippen molar-refractivity contribution in [3.05, 3.63) is 33.2 Å².